The fraction of sp³-hybridized carbons (Fsp3) is 0.263. The highest BCUT2D eigenvalue weighted by molar-refractivity contribution is 9.10. The first kappa shape index (κ1) is 18.2. The average Bonchev–Trinajstić information content (AvgIpc) is 2.59. The van der Waals surface area contributed by atoms with Gasteiger partial charge in [-0.25, -0.2) is 9.59 Å². The number of benzene rings is 2. The number of esters is 2. The molecule has 0 aliphatic carbocycles. The quantitative estimate of drug-likeness (QED) is 0.656. The maximum absolute atomic E-state index is 12.3. The van der Waals surface area contributed by atoms with Crippen LogP contribution in [0.1, 0.15) is 39.6 Å². The van der Waals surface area contributed by atoms with Gasteiger partial charge in [0.15, 0.2) is 0 Å². The van der Waals surface area contributed by atoms with Gasteiger partial charge in [0.1, 0.15) is 0 Å². The number of carbonyl (C=O) groups excluding carboxylic acids is 2. The van der Waals surface area contributed by atoms with E-state index in [4.69, 9.17) is 9.47 Å². The van der Waals surface area contributed by atoms with E-state index in [-0.39, 0.29) is 17.7 Å². The molecule has 0 fully saturated rings. The number of rotatable bonds is 7. The van der Waals surface area contributed by atoms with Crippen LogP contribution in [0.4, 0.5) is 0 Å². The number of halogens is 1. The number of carbonyl (C=O) groups is 2. The molecule has 2 rings (SSSR count). The summed E-state index contributed by atoms with van der Waals surface area (Å²) in [7, 11) is 0. The van der Waals surface area contributed by atoms with Crippen LogP contribution in [0.25, 0.3) is 0 Å². The minimum atomic E-state index is -0.519. The highest BCUT2D eigenvalue weighted by atomic mass is 79.9. The van der Waals surface area contributed by atoms with Gasteiger partial charge >= 0.3 is 11.9 Å². The normalized spacial score (nSPS) is 10.2. The Bertz CT molecular complexity index is 712. The largest absolute Gasteiger partial charge is 0.462 e. The van der Waals surface area contributed by atoms with Crippen molar-refractivity contribution < 1.29 is 19.1 Å². The molecular formula is C19H19BrO4. The summed E-state index contributed by atoms with van der Waals surface area (Å²) < 4.78 is 11.4. The summed E-state index contributed by atoms with van der Waals surface area (Å²) in [5.74, 6) is -1.02. The minimum Gasteiger partial charge on any atom is -0.462 e. The molecule has 0 atom stereocenters. The summed E-state index contributed by atoms with van der Waals surface area (Å²) in [6, 6.07) is 14.3. The van der Waals surface area contributed by atoms with Crippen LogP contribution < -0.4 is 0 Å². The average molecular weight is 391 g/mol. The molecule has 0 aliphatic heterocycles. The number of hydrogen-bond acceptors (Lipinski definition) is 4. The zero-order valence-corrected chi connectivity index (χ0v) is 15.0. The molecule has 0 unspecified atom stereocenters. The minimum absolute atomic E-state index is 0.229. The zero-order chi connectivity index (χ0) is 17.4. The van der Waals surface area contributed by atoms with Crippen molar-refractivity contribution in [2.75, 3.05) is 13.2 Å². The van der Waals surface area contributed by atoms with Crippen molar-refractivity contribution >= 4 is 27.9 Å². The lowest BCUT2D eigenvalue weighted by molar-refractivity contribution is 0.0460. The maximum atomic E-state index is 12.3. The molecule has 0 spiro atoms. The topological polar surface area (TPSA) is 52.6 Å². The summed E-state index contributed by atoms with van der Waals surface area (Å²) in [5.41, 5.74) is 1.53. The fourth-order valence-corrected chi connectivity index (χ4v) is 2.59. The van der Waals surface area contributed by atoms with Crippen LogP contribution in [0.3, 0.4) is 0 Å². The van der Waals surface area contributed by atoms with E-state index in [0.29, 0.717) is 13.0 Å². The van der Waals surface area contributed by atoms with Gasteiger partial charge in [0, 0.05) is 10.9 Å². The highest BCUT2D eigenvalue weighted by Gasteiger charge is 2.18. The molecule has 0 saturated carbocycles. The van der Waals surface area contributed by atoms with Gasteiger partial charge < -0.3 is 9.47 Å². The van der Waals surface area contributed by atoms with Gasteiger partial charge in [-0.2, -0.15) is 0 Å². The third kappa shape index (κ3) is 5.20. The van der Waals surface area contributed by atoms with E-state index in [1.54, 1.807) is 24.3 Å². The first-order valence-electron chi connectivity index (χ1n) is 7.79. The second kappa shape index (κ2) is 9.23. The molecule has 0 saturated heterocycles. The monoisotopic (exact) mass is 390 g/mol. The summed E-state index contributed by atoms with van der Waals surface area (Å²) >= 11 is 3.41. The van der Waals surface area contributed by atoms with E-state index >= 15 is 0 Å². The van der Waals surface area contributed by atoms with Crippen molar-refractivity contribution in [2.45, 2.75) is 19.8 Å². The van der Waals surface area contributed by atoms with Gasteiger partial charge in [-0.15, -0.1) is 0 Å². The van der Waals surface area contributed by atoms with E-state index in [1.165, 1.54) is 0 Å². The van der Waals surface area contributed by atoms with Gasteiger partial charge in [-0.05, 0) is 36.2 Å². The van der Waals surface area contributed by atoms with Crippen molar-refractivity contribution in [2.24, 2.45) is 0 Å². The van der Waals surface area contributed by atoms with Crippen molar-refractivity contribution in [3.8, 4) is 0 Å². The van der Waals surface area contributed by atoms with Crippen LogP contribution in [0.2, 0.25) is 0 Å². The summed E-state index contributed by atoms with van der Waals surface area (Å²) in [6.45, 7) is 2.48. The van der Waals surface area contributed by atoms with E-state index in [1.807, 2.05) is 31.2 Å². The third-order valence-corrected chi connectivity index (χ3v) is 3.81. The third-order valence-electron chi connectivity index (χ3n) is 3.32. The molecule has 0 radical (unpaired) electrons. The Balaban J connectivity index is 1.98. The molecule has 0 amide bonds. The molecular weight excluding hydrogens is 372 g/mol. The Morgan fingerprint density at radius 3 is 2.12 bits per heavy atom. The SMILES string of the molecule is CCCOC(=O)c1ccccc1C(=O)OCCc1cccc(Br)c1. The maximum Gasteiger partial charge on any atom is 0.339 e. The summed E-state index contributed by atoms with van der Waals surface area (Å²) in [6.07, 6.45) is 1.33. The molecule has 0 heterocycles. The lowest BCUT2D eigenvalue weighted by atomic mass is 10.1. The highest BCUT2D eigenvalue weighted by Crippen LogP contribution is 2.14. The van der Waals surface area contributed by atoms with Gasteiger partial charge in [-0.3, -0.25) is 0 Å². The number of ether oxygens (including phenoxy) is 2. The Morgan fingerprint density at radius 2 is 1.54 bits per heavy atom. The molecule has 0 aromatic heterocycles. The van der Waals surface area contributed by atoms with Crippen molar-refractivity contribution in [1.82, 2.24) is 0 Å². The van der Waals surface area contributed by atoms with E-state index in [2.05, 4.69) is 15.9 Å². The molecule has 24 heavy (non-hydrogen) atoms. The van der Waals surface area contributed by atoms with Crippen LogP contribution in [0.5, 0.6) is 0 Å². The van der Waals surface area contributed by atoms with E-state index < -0.39 is 11.9 Å². The first-order valence-corrected chi connectivity index (χ1v) is 8.59. The lowest BCUT2D eigenvalue weighted by Gasteiger charge is -2.09. The first-order chi connectivity index (χ1) is 11.6. The molecule has 2 aromatic rings. The Kier molecular flexibility index (Phi) is 7.00. The molecule has 2 aromatic carbocycles. The van der Waals surface area contributed by atoms with Crippen LogP contribution in [0.15, 0.2) is 53.0 Å². The van der Waals surface area contributed by atoms with Gasteiger partial charge in [0.2, 0.25) is 0 Å². The lowest BCUT2D eigenvalue weighted by Crippen LogP contribution is -2.15. The predicted molar refractivity (Wildman–Crippen MR) is 95.1 cm³/mol. The fourth-order valence-electron chi connectivity index (χ4n) is 2.14. The van der Waals surface area contributed by atoms with Gasteiger partial charge in [0.05, 0.1) is 24.3 Å². The van der Waals surface area contributed by atoms with Crippen molar-refractivity contribution in [1.29, 1.82) is 0 Å². The van der Waals surface area contributed by atoms with Crippen molar-refractivity contribution in [3.63, 3.8) is 0 Å². The van der Waals surface area contributed by atoms with Crippen LogP contribution in [-0.2, 0) is 15.9 Å². The second-order valence-corrected chi connectivity index (χ2v) is 6.11. The zero-order valence-electron chi connectivity index (χ0n) is 13.5. The summed E-state index contributed by atoms with van der Waals surface area (Å²) in [4.78, 5) is 24.3. The molecule has 0 N–H and O–H groups in total. The van der Waals surface area contributed by atoms with Crippen LogP contribution in [-0.4, -0.2) is 25.2 Å². The summed E-state index contributed by atoms with van der Waals surface area (Å²) in [5, 5.41) is 0. The smallest absolute Gasteiger partial charge is 0.339 e. The van der Waals surface area contributed by atoms with Gasteiger partial charge in [-0.1, -0.05) is 47.1 Å². The second-order valence-electron chi connectivity index (χ2n) is 5.20. The molecule has 0 bridgehead atoms. The van der Waals surface area contributed by atoms with Crippen molar-refractivity contribution in [3.05, 3.63) is 69.7 Å². The molecule has 5 heteroatoms. The predicted octanol–water partition coefficient (Wildman–Crippen LogP) is 4.42. The molecule has 0 aliphatic rings. The van der Waals surface area contributed by atoms with E-state index in [0.717, 1.165) is 16.5 Å². The Hall–Kier alpha value is -2.14. The standard InChI is InChI=1S/C19H19BrO4/c1-2-11-23-18(21)16-8-3-4-9-17(16)19(22)24-12-10-14-6-5-7-15(20)13-14/h3-9,13H,2,10-12H2,1H3. The Labute approximate surface area is 149 Å². The van der Waals surface area contributed by atoms with Gasteiger partial charge in [0.25, 0.3) is 0 Å². The number of hydrogen-bond donors (Lipinski definition) is 0. The van der Waals surface area contributed by atoms with Crippen LogP contribution in [0, 0.1) is 0 Å². The van der Waals surface area contributed by atoms with Crippen LogP contribution >= 0.6 is 15.9 Å². The molecule has 4 nitrogen and oxygen atoms in total. The Morgan fingerprint density at radius 1 is 0.917 bits per heavy atom. The van der Waals surface area contributed by atoms with E-state index in [9.17, 15) is 9.59 Å². The molecule has 126 valence electrons.